The van der Waals surface area contributed by atoms with Gasteiger partial charge in [0.05, 0.1) is 0 Å². The fraction of sp³-hybridized carbons (Fsp3) is 0.294. The van der Waals surface area contributed by atoms with E-state index in [9.17, 15) is 4.39 Å². The van der Waals surface area contributed by atoms with Gasteiger partial charge in [0, 0.05) is 16.7 Å². The van der Waals surface area contributed by atoms with Crippen molar-refractivity contribution in [3.05, 3.63) is 65.0 Å². The molecule has 2 rings (SSSR count). The van der Waals surface area contributed by atoms with Crippen molar-refractivity contribution < 1.29 is 4.39 Å². The van der Waals surface area contributed by atoms with Crippen molar-refractivity contribution in [2.45, 2.75) is 24.8 Å². The smallest absolute Gasteiger partial charge is 0.123 e. The summed E-state index contributed by atoms with van der Waals surface area (Å²) < 4.78 is 13.2. The van der Waals surface area contributed by atoms with Crippen molar-refractivity contribution in [2.75, 3.05) is 12.8 Å². The highest BCUT2D eigenvalue weighted by Gasteiger charge is 2.12. The van der Waals surface area contributed by atoms with Gasteiger partial charge in [0.2, 0.25) is 0 Å². The Kier molecular flexibility index (Phi) is 5.21. The normalized spacial score (nSPS) is 12.4. The molecule has 20 heavy (non-hydrogen) atoms. The lowest BCUT2D eigenvalue weighted by molar-refractivity contribution is 0.617. The molecule has 0 heterocycles. The van der Waals surface area contributed by atoms with Crippen LogP contribution in [0.2, 0.25) is 0 Å². The van der Waals surface area contributed by atoms with E-state index in [4.69, 9.17) is 0 Å². The predicted octanol–water partition coefficient (Wildman–Crippen LogP) is 4.50. The minimum atomic E-state index is -0.174. The fourth-order valence-corrected chi connectivity index (χ4v) is 3.39. The van der Waals surface area contributed by atoms with Crippen LogP contribution in [0.3, 0.4) is 0 Å². The van der Waals surface area contributed by atoms with Crippen LogP contribution in [-0.4, -0.2) is 12.8 Å². The topological polar surface area (TPSA) is 12.0 Å². The average molecular weight is 289 g/mol. The summed E-state index contributed by atoms with van der Waals surface area (Å²) in [5.41, 5.74) is 3.43. The van der Waals surface area contributed by atoms with Crippen LogP contribution in [0.5, 0.6) is 0 Å². The molecule has 0 aliphatic heterocycles. The zero-order valence-electron chi connectivity index (χ0n) is 12.1. The number of benzene rings is 2. The van der Waals surface area contributed by atoms with Gasteiger partial charge in [-0.15, -0.1) is 11.8 Å². The van der Waals surface area contributed by atoms with Gasteiger partial charge in [0.15, 0.2) is 0 Å². The number of rotatable bonds is 5. The number of nitrogens with one attached hydrogen (secondary N) is 1. The third-order valence-electron chi connectivity index (χ3n) is 3.36. The van der Waals surface area contributed by atoms with Gasteiger partial charge in [-0.2, -0.15) is 0 Å². The molecule has 0 aromatic heterocycles. The largest absolute Gasteiger partial charge is 0.312 e. The lowest BCUT2D eigenvalue weighted by Gasteiger charge is -2.18. The first-order valence-electron chi connectivity index (χ1n) is 6.73. The van der Waals surface area contributed by atoms with Crippen molar-refractivity contribution in [2.24, 2.45) is 0 Å². The number of halogens is 1. The second-order valence-electron chi connectivity index (χ2n) is 4.97. The van der Waals surface area contributed by atoms with Crippen molar-refractivity contribution in [3.63, 3.8) is 0 Å². The van der Waals surface area contributed by atoms with Gasteiger partial charge >= 0.3 is 0 Å². The van der Waals surface area contributed by atoms with E-state index in [2.05, 4.69) is 36.5 Å². The average Bonchev–Trinajstić information content (AvgIpc) is 2.41. The van der Waals surface area contributed by atoms with Gasteiger partial charge in [-0.05, 0) is 56.3 Å². The zero-order valence-corrected chi connectivity index (χ0v) is 12.9. The number of aryl methyl sites for hydroxylation is 2. The molecule has 0 spiro atoms. The first-order valence-corrected chi connectivity index (χ1v) is 7.71. The molecule has 2 aromatic carbocycles. The molecule has 3 heteroatoms. The molecule has 0 aliphatic rings. The molecule has 1 nitrogen and oxygen atoms in total. The Morgan fingerprint density at radius 2 is 1.95 bits per heavy atom. The monoisotopic (exact) mass is 289 g/mol. The Balaban J connectivity index is 2.09. The van der Waals surface area contributed by atoms with E-state index >= 15 is 0 Å². The van der Waals surface area contributed by atoms with Gasteiger partial charge in [-0.3, -0.25) is 0 Å². The van der Waals surface area contributed by atoms with Crippen LogP contribution in [0.4, 0.5) is 4.39 Å². The maximum absolute atomic E-state index is 13.2. The highest BCUT2D eigenvalue weighted by Crippen LogP contribution is 2.27. The summed E-state index contributed by atoms with van der Waals surface area (Å²) in [6.07, 6.45) is 0. The molecule has 1 atom stereocenters. The molecule has 0 bridgehead atoms. The quantitative estimate of drug-likeness (QED) is 0.814. The van der Waals surface area contributed by atoms with Crippen molar-refractivity contribution in [1.29, 1.82) is 0 Å². The summed E-state index contributed by atoms with van der Waals surface area (Å²) >= 11 is 1.82. The summed E-state index contributed by atoms with van der Waals surface area (Å²) in [6.45, 7) is 4.06. The highest BCUT2D eigenvalue weighted by molar-refractivity contribution is 7.99. The molecule has 0 aliphatic carbocycles. The van der Waals surface area contributed by atoms with Gasteiger partial charge in [0.1, 0.15) is 5.82 Å². The van der Waals surface area contributed by atoms with Crippen LogP contribution in [0, 0.1) is 19.7 Å². The Morgan fingerprint density at radius 1 is 1.15 bits per heavy atom. The van der Waals surface area contributed by atoms with Gasteiger partial charge in [-0.25, -0.2) is 4.39 Å². The Morgan fingerprint density at radius 3 is 2.60 bits per heavy atom. The molecule has 0 saturated heterocycles. The van der Waals surface area contributed by atoms with Crippen LogP contribution in [0.1, 0.15) is 22.7 Å². The van der Waals surface area contributed by atoms with Gasteiger partial charge < -0.3 is 5.32 Å². The van der Waals surface area contributed by atoms with E-state index in [0.29, 0.717) is 0 Å². The minimum Gasteiger partial charge on any atom is -0.312 e. The molecule has 1 unspecified atom stereocenters. The SMILES string of the molecule is CNC(CSc1cccc(C)c1)c1ccc(F)cc1C. The first-order chi connectivity index (χ1) is 9.60. The third kappa shape index (κ3) is 3.84. The lowest BCUT2D eigenvalue weighted by atomic mass is 10.0. The summed E-state index contributed by atoms with van der Waals surface area (Å²) in [5, 5.41) is 3.32. The van der Waals surface area contributed by atoms with E-state index in [1.54, 1.807) is 6.07 Å². The van der Waals surface area contributed by atoms with E-state index in [1.165, 1.54) is 16.5 Å². The summed E-state index contributed by atoms with van der Waals surface area (Å²) in [4.78, 5) is 1.27. The second-order valence-corrected chi connectivity index (χ2v) is 6.06. The van der Waals surface area contributed by atoms with Crippen molar-refractivity contribution in [1.82, 2.24) is 5.32 Å². The van der Waals surface area contributed by atoms with Crippen molar-refractivity contribution >= 4 is 11.8 Å². The van der Waals surface area contributed by atoms with Crippen LogP contribution >= 0.6 is 11.8 Å². The van der Waals surface area contributed by atoms with E-state index < -0.39 is 0 Å². The Bertz CT molecular complexity index is 583. The lowest BCUT2D eigenvalue weighted by Crippen LogP contribution is -2.19. The standard InChI is InChI=1S/C17H20FNS/c1-12-5-4-6-15(9-12)20-11-17(19-3)16-8-7-14(18)10-13(16)2/h4-10,17,19H,11H2,1-3H3. The first kappa shape index (κ1) is 15.1. The van der Waals surface area contributed by atoms with Crippen LogP contribution in [0.25, 0.3) is 0 Å². The number of hydrogen-bond acceptors (Lipinski definition) is 2. The maximum atomic E-state index is 13.2. The predicted molar refractivity (Wildman–Crippen MR) is 84.8 cm³/mol. The molecule has 0 fully saturated rings. The number of hydrogen-bond donors (Lipinski definition) is 1. The van der Waals surface area contributed by atoms with E-state index in [0.717, 1.165) is 16.9 Å². The van der Waals surface area contributed by atoms with E-state index in [-0.39, 0.29) is 11.9 Å². The molecule has 1 N–H and O–H groups in total. The molecule has 2 aromatic rings. The highest BCUT2D eigenvalue weighted by atomic mass is 32.2. The molecular weight excluding hydrogens is 269 g/mol. The van der Waals surface area contributed by atoms with Crippen LogP contribution < -0.4 is 5.32 Å². The maximum Gasteiger partial charge on any atom is 0.123 e. The molecular formula is C17H20FNS. The van der Waals surface area contributed by atoms with Crippen molar-refractivity contribution in [3.8, 4) is 0 Å². The molecule has 106 valence electrons. The van der Waals surface area contributed by atoms with E-state index in [1.807, 2.05) is 31.8 Å². The second kappa shape index (κ2) is 6.91. The minimum absolute atomic E-state index is 0.174. The molecule has 0 radical (unpaired) electrons. The fourth-order valence-electron chi connectivity index (χ4n) is 2.24. The summed E-state index contributed by atoms with van der Waals surface area (Å²) in [6, 6.07) is 13.7. The third-order valence-corrected chi connectivity index (χ3v) is 4.45. The summed E-state index contributed by atoms with van der Waals surface area (Å²) in [7, 11) is 1.95. The van der Waals surface area contributed by atoms with Crippen LogP contribution in [-0.2, 0) is 0 Å². The van der Waals surface area contributed by atoms with Crippen LogP contribution in [0.15, 0.2) is 47.4 Å². The number of thioether (sulfide) groups is 1. The molecule has 0 amide bonds. The molecule has 0 saturated carbocycles. The van der Waals surface area contributed by atoms with Gasteiger partial charge in [0.25, 0.3) is 0 Å². The zero-order chi connectivity index (χ0) is 14.5. The Hall–Kier alpha value is -1.32. The Labute approximate surface area is 124 Å². The van der Waals surface area contributed by atoms with Gasteiger partial charge in [-0.1, -0.05) is 23.8 Å². The summed E-state index contributed by atoms with van der Waals surface area (Å²) in [5.74, 6) is 0.749.